The Balaban J connectivity index is 3.03. The average Bonchev–Trinajstić information content (AvgIpc) is 2.39. The second kappa shape index (κ2) is 8.13. The van der Waals surface area contributed by atoms with Crippen LogP contribution < -0.4 is 0 Å². The van der Waals surface area contributed by atoms with Crippen LogP contribution in [0.15, 0.2) is 28.2 Å². The monoisotopic (exact) mass is 244 g/mol. The molecule has 0 aliphatic carbocycles. The van der Waals surface area contributed by atoms with E-state index in [1.807, 2.05) is 6.07 Å². The molecule has 0 radical (unpaired) electrons. The highest BCUT2D eigenvalue weighted by Crippen LogP contribution is 2.25. The Kier molecular flexibility index (Phi) is 6.34. The Hall–Kier alpha value is -2.02. The van der Waals surface area contributed by atoms with E-state index in [1.165, 1.54) is 6.08 Å². The van der Waals surface area contributed by atoms with Crippen molar-refractivity contribution in [2.75, 3.05) is 0 Å². The zero-order valence-corrected chi connectivity index (χ0v) is 10.5. The summed E-state index contributed by atoms with van der Waals surface area (Å²) in [5, 5.41) is 0. The zero-order valence-electron chi connectivity index (χ0n) is 10.5. The van der Waals surface area contributed by atoms with Crippen LogP contribution in [0.25, 0.3) is 0 Å². The van der Waals surface area contributed by atoms with Crippen LogP contribution in [-0.2, 0) is 22.6 Å². The van der Waals surface area contributed by atoms with E-state index < -0.39 is 0 Å². The number of hydrogen-bond acceptors (Lipinski definition) is 4. The molecule has 0 N–H and O–H groups in total. The van der Waals surface area contributed by atoms with E-state index in [9.17, 15) is 9.59 Å². The van der Waals surface area contributed by atoms with Crippen molar-refractivity contribution in [2.24, 2.45) is 9.98 Å². The quantitative estimate of drug-likeness (QED) is 0.420. The maximum Gasteiger partial charge on any atom is 0.240 e. The molecule has 0 aliphatic rings. The molecule has 0 spiro atoms. The van der Waals surface area contributed by atoms with Crippen molar-refractivity contribution in [2.45, 2.75) is 39.2 Å². The Labute approximate surface area is 106 Å². The van der Waals surface area contributed by atoms with Gasteiger partial charge in [-0.1, -0.05) is 31.9 Å². The van der Waals surface area contributed by atoms with Crippen LogP contribution in [0.1, 0.15) is 37.3 Å². The molecule has 0 saturated heterocycles. The molecule has 0 aliphatic heterocycles. The first-order chi connectivity index (χ1) is 8.83. The average molecular weight is 244 g/mol. The van der Waals surface area contributed by atoms with E-state index in [4.69, 9.17) is 0 Å². The maximum atomic E-state index is 10.4. The second-order valence-corrected chi connectivity index (χ2v) is 3.98. The summed E-state index contributed by atoms with van der Waals surface area (Å²) in [5.74, 6) is 0. The molecule has 0 bridgehead atoms. The summed E-state index contributed by atoms with van der Waals surface area (Å²) in [4.78, 5) is 27.9. The Bertz CT molecular complexity index is 485. The van der Waals surface area contributed by atoms with E-state index in [-0.39, 0.29) is 6.54 Å². The van der Waals surface area contributed by atoms with Gasteiger partial charge in [-0.15, -0.1) is 0 Å². The third-order valence-corrected chi connectivity index (χ3v) is 2.76. The van der Waals surface area contributed by atoms with Gasteiger partial charge < -0.3 is 0 Å². The lowest BCUT2D eigenvalue weighted by Gasteiger charge is -2.09. The molecule has 4 nitrogen and oxygen atoms in total. The summed E-state index contributed by atoms with van der Waals surface area (Å²) in [6.45, 7) is 2.42. The van der Waals surface area contributed by atoms with E-state index in [0.717, 1.165) is 36.8 Å². The highest BCUT2D eigenvalue weighted by molar-refractivity contribution is 5.56. The standard InChI is InChI=1S/C14H16N2O2/c1-2-3-4-7-13-12(9-15-10-17)6-5-8-14(13)16-11-18/h5-6,8H,2-4,7,9H2,1H3. The number of benzene rings is 1. The fourth-order valence-electron chi connectivity index (χ4n) is 1.88. The summed E-state index contributed by atoms with van der Waals surface area (Å²) < 4.78 is 0. The van der Waals surface area contributed by atoms with E-state index >= 15 is 0 Å². The van der Waals surface area contributed by atoms with Crippen molar-refractivity contribution in [1.29, 1.82) is 0 Å². The summed E-state index contributed by atoms with van der Waals surface area (Å²) in [7, 11) is 0. The van der Waals surface area contributed by atoms with Crippen molar-refractivity contribution >= 4 is 17.8 Å². The lowest BCUT2D eigenvalue weighted by molar-refractivity contribution is 0.562. The van der Waals surface area contributed by atoms with Crippen LogP contribution >= 0.6 is 0 Å². The molecule has 0 aromatic heterocycles. The molecule has 1 aromatic rings. The van der Waals surface area contributed by atoms with Crippen molar-refractivity contribution in [1.82, 2.24) is 0 Å². The summed E-state index contributed by atoms with van der Waals surface area (Å²) >= 11 is 0. The maximum absolute atomic E-state index is 10.4. The molecule has 1 rings (SSSR count). The minimum absolute atomic E-state index is 0.285. The third-order valence-electron chi connectivity index (χ3n) is 2.76. The van der Waals surface area contributed by atoms with Gasteiger partial charge in [0.2, 0.25) is 12.2 Å². The van der Waals surface area contributed by atoms with Crippen molar-refractivity contribution in [3.05, 3.63) is 29.3 Å². The molecular formula is C14H16N2O2. The van der Waals surface area contributed by atoms with Gasteiger partial charge in [-0.25, -0.2) is 14.6 Å². The topological polar surface area (TPSA) is 58.9 Å². The Morgan fingerprint density at radius 2 is 2.00 bits per heavy atom. The number of aliphatic imine (C=N–C) groups is 2. The molecular weight excluding hydrogens is 228 g/mol. The predicted octanol–water partition coefficient (Wildman–Crippen LogP) is 3.22. The van der Waals surface area contributed by atoms with Crippen molar-refractivity contribution < 1.29 is 9.59 Å². The second-order valence-electron chi connectivity index (χ2n) is 3.98. The van der Waals surface area contributed by atoms with E-state index in [1.54, 1.807) is 18.2 Å². The van der Waals surface area contributed by atoms with Gasteiger partial charge in [-0.05, 0) is 30.0 Å². The van der Waals surface area contributed by atoms with Gasteiger partial charge in [0.05, 0.1) is 12.2 Å². The van der Waals surface area contributed by atoms with Gasteiger partial charge in [-0.2, -0.15) is 4.99 Å². The molecule has 1 aromatic carbocycles. The fraction of sp³-hybridized carbons (Fsp3) is 0.429. The largest absolute Gasteiger partial charge is 0.240 e. The lowest BCUT2D eigenvalue weighted by Crippen LogP contribution is -1.94. The molecule has 0 heterocycles. The molecule has 0 amide bonds. The molecule has 0 atom stereocenters. The molecule has 18 heavy (non-hydrogen) atoms. The van der Waals surface area contributed by atoms with Crippen molar-refractivity contribution in [3.8, 4) is 0 Å². The molecule has 0 unspecified atom stereocenters. The van der Waals surface area contributed by atoms with Crippen LogP contribution in [0.2, 0.25) is 0 Å². The smallest absolute Gasteiger partial charge is 0.211 e. The summed E-state index contributed by atoms with van der Waals surface area (Å²) in [5.41, 5.74) is 2.53. The van der Waals surface area contributed by atoms with Gasteiger partial charge in [0.25, 0.3) is 0 Å². The highest BCUT2D eigenvalue weighted by Gasteiger charge is 2.07. The highest BCUT2D eigenvalue weighted by atomic mass is 16.1. The summed E-state index contributed by atoms with van der Waals surface area (Å²) in [6.07, 6.45) is 7.20. The van der Waals surface area contributed by atoms with Crippen LogP contribution in [0, 0.1) is 0 Å². The van der Waals surface area contributed by atoms with Gasteiger partial charge in [-0.3, -0.25) is 0 Å². The van der Waals surface area contributed by atoms with Crippen LogP contribution in [0.4, 0.5) is 5.69 Å². The zero-order chi connectivity index (χ0) is 13.2. The van der Waals surface area contributed by atoms with E-state index in [2.05, 4.69) is 16.9 Å². The molecule has 0 saturated carbocycles. The van der Waals surface area contributed by atoms with Crippen LogP contribution in [-0.4, -0.2) is 12.2 Å². The number of unbranched alkanes of at least 4 members (excludes halogenated alkanes) is 2. The molecule has 94 valence electrons. The first kappa shape index (κ1) is 14.0. The third kappa shape index (κ3) is 4.10. The van der Waals surface area contributed by atoms with E-state index in [0.29, 0.717) is 5.69 Å². The number of isocyanates is 2. The van der Waals surface area contributed by atoms with Gasteiger partial charge >= 0.3 is 0 Å². The molecule has 4 heteroatoms. The van der Waals surface area contributed by atoms with Crippen LogP contribution in [0.5, 0.6) is 0 Å². The Morgan fingerprint density at radius 1 is 1.17 bits per heavy atom. The number of nitrogens with zero attached hydrogens (tertiary/aromatic N) is 2. The number of hydrogen-bond donors (Lipinski definition) is 0. The van der Waals surface area contributed by atoms with Gasteiger partial charge in [0, 0.05) is 0 Å². The fourth-order valence-corrected chi connectivity index (χ4v) is 1.88. The first-order valence-electron chi connectivity index (χ1n) is 6.05. The lowest BCUT2D eigenvalue weighted by atomic mass is 9.99. The Morgan fingerprint density at radius 3 is 2.67 bits per heavy atom. The first-order valence-corrected chi connectivity index (χ1v) is 6.05. The van der Waals surface area contributed by atoms with Gasteiger partial charge in [0.15, 0.2) is 0 Å². The van der Waals surface area contributed by atoms with Crippen LogP contribution in [0.3, 0.4) is 0 Å². The minimum Gasteiger partial charge on any atom is -0.211 e. The normalized spacial score (nSPS) is 9.39. The number of carbonyl (C=O) groups excluding carboxylic acids is 2. The van der Waals surface area contributed by atoms with Crippen molar-refractivity contribution in [3.63, 3.8) is 0 Å². The number of rotatable bonds is 7. The van der Waals surface area contributed by atoms with Gasteiger partial charge in [0.1, 0.15) is 0 Å². The predicted molar refractivity (Wildman–Crippen MR) is 69.3 cm³/mol. The summed E-state index contributed by atoms with van der Waals surface area (Å²) in [6, 6.07) is 5.47. The minimum atomic E-state index is 0.285. The SMILES string of the molecule is CCCCCc1c(CN=C=O)cccc1N=C=O. The molecule has 0 fully saturated rings.